The average Bonchev–Trinajstić information content (AvgIpc) is 3.18. The SMILES string of the molecule is CCC1(C(=O)O)CCCN(C(=O)CCCNC(=O)OCC2c3ccccc3-c3ccccc32)C1. The van der Waals surface area contributed by atoms with Gasteiger partial charge in [0.15, 0.2) is 0 Å². The van der Waals surface area contributed by atoms with Gasteiger partial charge in [-0.1, -0.05) is 55.5 Å². The highest BCUT2D eigenvalue weighted by atomic mass is 16.5. The number of ether oxygens (including phenoxy) is 1. The number of nitrogens with zero attached hydrogens (tertiary/aromatic N) is 1. The molecule has 2 N–H and O–H groups in total. The van der Waals surface area contributed by atoms with Gasteiger partial charge in [0.05, 0.1) is 5.41 Å². The highest BCUT2D eigenvalue weighted by Gasteiger charge is 2.41. The van der Waals surface area contributed by atoms with E-state index in [-0.39, 0.29) is 31.4 Å². The zero-order valence-electron chi connectivity index (χ0n) is 19.6. The van der Waals surface area contributed by atoms with Crippen LogP contribution in [0.1, 0.15) is 56.1 Å². The van der Waals surface area contributed by atoms with Crippen molar-refractivity contribution >= 4 is 18.0 Å². The number of carbonyl (C=O) groups excluding carboxylic acids is 2. The molecule has 0 bridgehead atoms. The van der Waals surface area contributed by atoms with Gasteiger partial charge in [0.25, 0.3) is 0 Å². The Morgan fingerprint density at radius 1 is 1.09 bits per heavy atom. The number of piperidine rings is 1. The number of fused-ring (bicyclic) bond motifs is 3. The smallest absolute Gasteiger partial charge is 0.407 e. The average molecular weight is 465 g/mol. The predicted octanol–water partition coefficient (Wildman–Crippen LogP) is 4.41. The summed E-state index contributed by atoms with van der Waals surface area (Å²) in [6, 6.07) is 16.4. The van der Waals surface area contributed by atoms with Crippen molar-refractivity contribution in [2.45, 2.75) is 44.9 Å². The zero-order valence-corrected chi connectivity index (χ0v) is 19.6. The van der Waals surface area contributed by atoms with Crippen LogP contribution in [0.4, 0.5) is 4.79 Å². The van der Waals surface area contributed by atoms with Gasteiger partial charge < -0.3 is 20.1 Å². The van der Waals surface area contributed by atoms with E-state index in [2.05, 4.69) is 29.6 Å². The zero-order chi connectivity index (χ0) is 24.1. The lowest BCUT2D eigenvalue weighted by molar-refractivity contribution is -0.155. The maximum absolute atomic E-state index is 12.6. The number of benzene rings is 2. The maximum Gasteiger partial charge on any atom is 0.407 e. The second kappa shape index (κ2) is 10.3. The number of hydrogen-bond acceptors (Lipinski definition) is 4. The summed E-state index contributed by atoms with van der Waals surface area (Å²) < 4.78 is 5.52. The van der Waals surface area contributed by atoms with E-state index in [0.29, 0.717) is 38.8 Å². The van der Waals surface area contributed by atoms with Gasteiger partial charge >= 0.3 is 12.1 Å². The summed E-state index contributed by atoms with van der Waals surface area (Å²) in [7, 11) is 0. The van der Waals surface area contributed by atoms with Gasteiger partial charge in [-0.3, -0.25) is 9.59 Å². The second-order valence-corrected chi connectivity index (χ2v) is 9.21. The van der Waals surface area contributed by atoms with Crippen molar-refractivity contribution in [3.05, 3.63) is 59.7 Å². The Labute approximate surface area is 200 Å². The molecule has 1 heterocycles. The fourth-order valence-corrected chi connectivity index (χ4v) is 5.20. The van der Waals surface area contributed by atoms with E-state index < -0.39 is 17.5 Å². The molecule has 1 unspecified atom stereocenters. The third kappa shape index (κ3) is 4.79. The van der Waals surface area contributed by atoms with Gasteiger partial charge in [0.2, 0.25) is 5.91 Å². The number of carbonyl (C=O) groups is 3. The summed E-state index contributed by atoms with van der Waals surface area (Å²) in [4.78, 5) is 38.2. The van der Waals surface area contributed by atoms with Gasteiger partial charge in [-0.2, -0.15) is 0 Å². The first-order valence-corrected chi connectivity index (χ1v) is 12.1. The number of carboxylic acid groups (broad SMARTS) is 1. The highest BCUT2D eigenvalue weighted by Crippen LogP contribution is 2.44. The third-order valence-electron chi connectivity index (χ3n) is 7.24. The van der Waals surface area contributed by atoms with E-state index in [1.807, 2.05) is 31.2 Å². The summed E-state index contributed by atoms with van der Waals surface area (Å²) in [5.41, 5.74) is 3.84. The number of nitrogens with one attached hydrogen (secondary N) is 1. The first-order chi connectivity index (χ1) is 16.4. The fourth-order valence-electron chi connectivity index (χ4n) is 5.20. The molecule has 0 aromatic heterocycles. The molecule has 2 amide bonds. The molecule has 0 radical (unpaired) electrons. The fraction of sp³-hybridized carbons (Fsp3) is 0.444. The Bertz CT molecular complexity index is 1020. The van der Waals surface area contributed by atoms with Gasteiger partial charge in [-0.05, 0) is 47.9 Å². The normalized spacial score (nSPS) is 19.3. The summed E-state index contributed by atoms with van der Waals surface area (Å²) in [6.45, 7) is 3.29. The van der Waals surface area contributed by atoms with Crippen LogP contribution in [0, 0.1) is 5.41 Å². The number of amides is 2. The Morgan fingerprint density at radius 3 is 2.35 bits per heavy atom. The molecule has 7 nitrogen and oxygen atoms in total. The van der Waals surface area contributed by atoms with Crippen molar-refractivity contribution < 1.29 is 24.2 Å². The van der Waals surface area contributed by atoms with Crippen LogP contribution in [0.2, 0.25) is 0 Å². The van der Waals surface area contributed by atoms with Crippen LogP contribution >= 0.6 is 0 Å². The van der Waals surface area contributed by atoms with Crippen molar-refractivity contribution in [2.75, 3.05) is 26.2 Å². The molecule has 34 heavy (non-hydrogen) atoms. The Morgan fingerprint density at radius 2 is 1.74 bits per heavy atom. The highest BCUT2D eigenvalue weighted by molar-refractivity contribution is 5.80. The summed E-state index contributed by atoms with van der Waals surface area (Å²) in [6.07, 6.45) is 2.06. The minimum Gasteiger partial charge on any atom is -0.481 e. The van der Waals surface area contributed by atoms with Crippen molar-refractivity contribution in [1.82, 2.24) is 10.2 Å². The van der Waals surface area contributed by atoms with Gasteiger partial charge in [0, 0.05) is 32.0 Å². The Hall–Kier alpha value is -3.35. The van der Waals surface area contributed by atoms with Crippen LogP contribution < -0.4 is 5.32 Å². The second-order valence-electron chi connectivity index (χ2n) is 9.21. The van der Waals surface area contributed by atoms with E-state index in [4.69, 9.17) is 4.74 Å². The van der Waals surface area contributed by atoms with E-state index in [9.17, 15) is 19.5 Å². The lowest BCUT2D eigenvalue weighted by Gasteiger charge is -2.39. The van der Waals surface area contributed by atoms with Crippen LogP contribution in [0.3, 0.4) is 0 Å². The number of aliphatic carboxylic acids is 1. The molecule has 1 atom stereocenters. The van der Waals surface area contributed by atoms with Crippen molar-refractivity contribution in [1.29, 1.82) is 0 Å². The Balaban J connectivity index is 1.22. The molecular weight excluding hydrogens is 432 g/mol. The molecule has 1 aliphatic heterocycles. The molecule has 2 aromatic carbocycles. The van der Waals surface area contributed by atoms with Crippen LogP contribution in [-0.2, 0) is 14.3 Å². The largest absolute Gasteiger partial charge is 0.481 e. The topological polar surface area (TPSA) is 95.9 Å². The number of carboxylic acids is 1. The molecule has 1 fully saturated rings. The molecular formula is C27H32N2O5. The minimum atomic E-state index is -0.840. The summed E-state index contributed by atoms with van der Waals surface area (Å²) in [5, 5.41) is 12.3. The van der Waals surface area contributed by atoms with E-state index in [1.54, 1.807) is 4.90 Å². The van der Waals surface area contributed by atoms with Crippen LogP contribution in [0.15, 0.2) is 48.5 Å². The molecule has 2 aromatic rings. The summed E-state index contributed by atoms with van der Waals surface area (Å²) in [5.74, 6) is -0.885. The van der Waals surface area contributed by atoms with Crippen molar-refractivity contribution in [3.63, 3.8) is 0 Å². The quantitative estimate of drug-likeness (QED) is 0.564. The minimum absolute atomic E-state index is 0.00639. The first kappa shape index (κ1) is 23.8. The van der Waals surface area contributed by atoms with E-state index in [0.717, 1.165) is 11.1 Å². The molecule has 1 saturated heterocycles. The number of likely N-dealkylation sites (tertiary alicyclic amines) is 1. The molecule has 1 aliphatic carbocycles. The van der Waals surface area contributed by atoms with Gasteiger partial charge in [0.1, 0.15) is 6.61 Å². The van der Waals surface area contributed by atoms with Crippen LogP contribution in [0.25, 0.3) is 11.1 Å². The molecule has 4 rings (SSSR count). The van der Waals surface area contributed by atoms with Crippen molar-refractivity contribution in [2.24, 2.45) is 5.41 Å². The van der Waals surface area contributed by atoms with E-state index >= 15 is 0 Å². The molecule has 180 valence electrons. The van der Waals surface area contributed by atoms with Crippen LogP contribution in [-0.4, -0.2) is 54.2 Å². The molecule has 7 heteroatoms. The number of hydrogen-bond donors (Lipinski definition) is 2. The number of rotatable bonds is 8. The lowest BCUT2D eigenvalue weighted by Crippen LogP contribution is -2.49. The summed E-state index contributed by atoms with van der Waals surface area (Å²) >= 11 is 0. The third-order valence-corrected chi connectivity index (χ3v) is 7.24. The van der Waals surface area contributed by atoms with Gasteiger partial charge in [-0.25, -0.2) is 4.79 Å². The Kier molecular flexibility index (Phi) is 7.20. The first-order valence-electron chi connectivity index (χ1n) is 12.1. The standard InChI is InChI=1S/C27H32N2O5/c1-2-27(25(31)32)14-8-16-29(18-27)24(30)13-7-15-28-26(33)34-17-23-21-11-5-3-9-19(21)20-10-4-6-12-22(20)23/h3-6,9-12,23H,2,7-8,13-18H2,1H3,(H,28,33)(H,31,32). The number of alkyl carbamates (subject to hydrolysis) is 1. The lowest BCUT2D eigenvalue weighted by atomic mass is 9.77. The van der Waals surface area contributed by atoms with Crippen molar-refractivity contribution in [3.8, 4) is 11.1 Å². The van der Waals surface area contributed by atoms with Crippen LogP contribution in [0.5, 0.6) is 0 Å². The van der Waals surface area contributed by atoms with E-state index in [1.165, 1.54) is 11.1 Å². The predicted molar refractivity (Wildman–Crippen MR) is 128 cm³/mol. The molecule has 2 aliphatic rings. The maximum atomic E-state index is 12.6. The molecule has 0 saturated carbocycles. The monoisotopic (exact) mass is 464 g/mol. The molecule has 0 spiro atoms. The van der Waals surface area contributed by atoms with Gasteiger partial charge in [-0.15, -0.1) is 0 Å².